The maximum Gasteiger partial charge on any atom is 0.312 e. The zero-order chi connectivity index (χ0) is 10.6. The van der Waals surface area contributed by atoms with Crippen molar-refractivity contribution >= 4 is 11.9 Å². The summed E-state index contributed by atoms with van der Waals surface area (Å²) in [6.45, 7) is 3.43. The summed E-state index contributed by atoms with van der Waals surface area (Å²) in [5, 5.41) is 8.50. The summed E-state index contributed by atoms with van der Waals surface area (Å²) in [7, 11) is 0. The Morgan fingerprint density at radius 3 is 2.50 bits per heavy atom. The van der Waals surface area contributed by atoms with Gasteiger partial charge in [-0.3, -0.25) is 9.59 Å². The molecule has 0 atom stereocenters. The lowest BCUT2D eigenvalue weighted by molar-refractivity contribution is -0.144. The normalized spacial score (nSPS) is 15.2. The van der Waals surface area contributed by atoms with Crippen LogP contribution in [0.15, 0.2) is 0 Å². The first-order chi connectivity index (χ1) is 6.63. The van der Waals surface area contributed by atoms with E-state index in [0.29, 0.717) is 12.5 Å². The average Bonchev–Trinajstić information content (AvgIpc) is 2.86. The van der Waals surface area contributed by atoms with Crippen LogP contribution in [0.25, 0.3) is 0 Å². The molecule has 4 heteroatoms. The Bertz CT molecular complexity index is 223. The van der Waals surface area contributed by atoms with Crippen molar-refractivity contribution in [1.82, 2.24) is 4.90 Å². The molecule has 14 heavy (non-hydrogen) atoms. The maximum atomic E-state index is 11.5. The molecule has 0 heterocycles. The monoisotopic (exact) mass is 199 g/mol. The van der Waals surface area contributed by atoms with Crippen LogP contribution in [0.5, 0.6) is 0 Å². The number of carboxylic acids is 1. The van der Waals surface area contributed by atoms with Crippen molar-refractivity contribution < 1.29 is 14.7 Å². The fourth-order valence-corrected chi connectivity index (χ4v) is 1.44. The van der Waals surface area contributed by atoms with Crippen molar-refractivity contribution in [2.75, 3.05) is 13.1 Å². The Morgan fingerprint density at radius 2 is 2.07 bits per heavy atom. The lowest BCUT2D eigenvalue weighted by atomic mass is 10.3. The van der Waals surface area contributed by atoms with E-state index in [2.05, 4.69) is 0 Å². The molecule has 1 rings (SSSR count). The minimum absolute atomic E-state index is 0.244. The van der Waals surface area contributed by atoms with Gasteiger partial charge in [-0.25, -0.2) is 0 Å². The molecule has 80 valence electrons. The lowest BCUT2D eigenvalue weighted by Crippen LogP contribution is -2.34. The van der Waals surface area contributed by atoms with Crippen LogP contribution >= 0.6 is 0 Å². The Hall–Kier alpha value is -1.06. The molecule has 1 aliphatic rings. The Balaban J connectivity index is 2.38. The van der Waals surface area contributed by atoms with E-state index in [1.807, 2.05) is 6.92 Å². The molecular formula is C10H17NO3. The molecule has 1 N–H and O–H groups in total. The molecule has 0 unspecified atom stereocenters. The van der Waals surface area contributed by atoms with Gasteiger partial charge in [0.1, 0.15) is 6.42 Å². The van der Waals surface area contributed by atoms with Gasteiger partial charge in [0, 0.05) is 13.1 Å². The highest BCUT2D eigenvalue weighted by Crippen LogP contribution is 2.29. The molecule has 0 aromatic rings. The van der Waals surface area contributed by atoms with Gasteiger partial charge in [-0.1, -0.05) is 6.92 Å². The molecule has 0 aromatic carbocycles. The molecule has 1 saturated carbocycles. The first kappa shape index (κ1) is 11.0. The van der Waals surface area contributed by atoms with Crippen molar-refractivity contribution in [3.63, 3.8) is 0 Å². The topological polar surface area (TPSA) is 57.6 Å². The molecule has 1 amide bonds. The fraction of sp³-hybridized carbons (Fsp3) is 0.800. The fourth-order valence-electron chi connectivity index (χ4n) is 1.44. The van der Waals surface area contributed by atoms with E-state index in [0.717, 1.165) is 13.0 Å². The van der Waals surface area contributed by atoms with Crippen molar-refractivity contribution in [2.45, 2.75) is 32.6 Å². The number of carboxylic acid groups (broad SMARTS) is 1. The highest BCUT2D eigenvalue weighted by Gasteiger charge is 2.26. The third-order valence-corrected chi connectivity index (χ3v) is 2.32. The first-order valence-electron chi connectivity index (χ1n) is 5.13. The van der Waals surface area contributed by atoms with Crippen molar-refractivity contribution in [2.24, 2.45) is 5.92 Å². The number of hydrogen-bond donors (Lipinski definition) is 1. The largest absolute Gasteiger partial charge is 0.481 e. The molecular weight excluding hydrogens is 182 g/mol. The molecule has 0 aromatic heterocycles. The lowest BCUT2D eigenvalue weighted by Gasteiger charge is -2.21. The number of nitrogens with zero attached hydrogens (tertiary/aromatic N) is 1. The summed E-state index contributed by atoms with van der Waals surface area (Å²) in [6, 6.07) is 0. The second kappa shape index (κ2) is 4.98. The van der Waals surface area contributed by atoms with Gasteiger partial charge in [-0.15, -0.1) is 0 Å². The van der Waals surface area contributed by atoms with Crippen molar-refractivity contribution in [1.29, 1.82) is 0 Å². The molecule has 0 saturated heterocycles. The van der Waals surface area contributed by atoms with Crippen LogP contribution < -0.4 is 0 Å². The van der Waals surface area contributed by atoms with Gasteiger partial charge in [-0.05, 0) is 25.2 Å². The third kappa shape index (κ3) is 3.77. The van der Waals surface area contributed by atoms with E-state index in [9.17, 15) is 9.59 Å². The van der Waals surface area contributed by atoms with Crippen LogP contribution in [0.1, 0.15) is 32.6 Å². The number of hydrogen-bond acceptors (Lipinski definition) is 2. The van der Waals surface area contributed by atoms with E-state index >= 15 is 0 Å². The van der Waals surface area contributed by atoms with Crippen LogP contribution in [-0.4, -0.2) is 35.0 Å². The predicted octanol–water partition coefficient (Wildman–Crippen LogP) is 1.11. The summed E-state index contributed by atoms with van der Waals surface area (Å²) < 4.78 is 0. The van der Waals surface area contributed by atoms with E-state index in [-0.39, 0.29) is 12.3 Å². The second-order valence-corrected chi connectivity index (χ2v) is 3.85. The second-order valence-electron chi connectivity index (χ2n) is 3.85. The van der Waals surface area contributed by atoms with Gasteiger partial charge in [0.25, 0.3) is 0 Å². The number of aliphatic carboxylic acids is 1. The van der Waals surface area contributed by atoms with Gasteiger partial charge in [-0.2, -0.15) is 0 Å². The summed E-state index contributed by atoms with van der Waals surface area (Å²) in [5.74, 6) is -0.655. The minimum atomic E-state index is -1.04. The van der Waals surface area contributed by atoms with Gasteiger partial charge in [0.15, 0.2) is 0 Å². The molecule has 0 spiro atoms. The number of amides is 1. The smallest absolute Gasteiger partial charge is 0.312 e. The SMILES string of the molecule is CCCN(CC1CC1)C(=O)CC(=O)O. The Morgan fingerprint density at radius 1 is 1.43 bits per heavy atom. The minimum Gasteiger partial charge on any atom is -0.481 e. The van der Waals surface area contributed by atoms with E-state index in [1.54, 1.807) is 4.90 Å². The molecule has 1 fully saturated rings. The van der Waals surface area contributed by atoms with Crippen LogP contribution in [-0.2, 0) is 9.59 Å². The molecule has 1 aliphatic carbocycles. The summed E-state index contributed by atoms with van der Waals surface area (Å²) in [6.07, 6.45) is 2.88. The zero-order valence-corrected chi connectivity index (χ0v) is 8.53. The van der Waals surface area contributed by atoms with E-state index in [1.165, 1.54) is 12.8 Å². The molecule has 0 radical (unpaired) electrons. The highest BCUT2D eigenvalue weighted by molar-refractivity contribution is 5.93. The van der Waals surface area contributed by atoms with Crippen LogP contribution in [0.3, 0.4) is 0 Å². The molecule has 4 nitrogen and oxygen atoms in total. The number of rotatable bonds is 6. The van der Waals surface area contributed by atoms with Crippen LogP contribution in [0.4, 0.5) is 0 Å². The van der Waals surface area contributed by atoms with E-state index < -0.39 is 5.97 Å². The van der Waals surface area contributed by atoms with Crippen LogP contribution in [0.2, 0.25) is 0 Å². The highest BCUT2D eigenvalue weighted by atomic mass is 16.4. The quantitative estimate of drug-likeness (QED) is 0.652. The van der Waals surface area contributed by atoms with Gasteiger partial charge in [0.2, 0.25) is 5.91 Å². The first-order valence-corrected chi connectivity index (χ1v) is 5.13. The Kier molecular flexibility index (Phi) is 3.92. The zero-order valence-electron chi connectivity index (χ0n) is 8.53. The number of carbonyl (C=O) groups excluding carboxylic acids is 1. The Labute approximate surface area is 83.9 Å². The van der Waals surface area contributed by atoms with Crippen LogP contribution in [0, 0.1) is 5.92 Å². The van der Waals surface area contributed by atoms with Crippen molar-refractivity contribution in [3.05, 3.63) is 0 Å². The van der Waals surface area contributed by atoms with Gasteiger partial charge in [0.05, 0.1) is 0 Å². The third-order valence-electron chi connectivity index (χ3n) is 2.32. The standard InChI is InChI=1S/C10H17NO3/c1-2-5-11(7-8-3-4-8)9(12)6-10(13)14/h8H,2-7H2,1H3,(H,13,14). The average molecular weight is 199 g/mol. The maximum absolute atomic E-state index is 11.5. The van der Waals surface area contributed by atoms with Gasteiger partial charge < -0.3 is 10.0 Å². The summed E-state index contributed by atoms with van der Waals surface area (Å²) >= 11 is 0. The number of carbonyl (C=O) groups is 2. The summed E-state index contributed by atoms with van der Waals surface area (Å²) in [4.78, 5) is 23.5. The van der Waals surface area contributed by atoms with E-state index in [4.69, 9.17) is 5.11 Å². The predicted molar refractivity (Wildman–Crippen MR) is 51.8 cm³/mol. The van der Waals surface area contributed by atoms with Gasteiger partial charge >= 0.3 is 5.97 Å². The molecule has 0 aliphatic heterocycles. The summed E-state index contributed by atoms with van der Waals surface area (Å²) in [5.41, 5.74) is 0. The molecule has 0 bridgehead atoms. The van der Waals surface area contributed by atoms with Crippen molar-refractivity contribution in [3.8, 4) is 0 Å².